The standard InChI is InChI=1S/C15H10BrFN2O3S2/c1-24(21,22)9-3-5-12-13(7-9)23-15(18-12)19-14(20)10-4-2-8(16)6-11(10)17/h2-7H,1H3,(H,18,19,20). The minimum atomic E-state index is -3.32. The maximum absolute atomic E-state index is 13.8. The molecule has 0 atom stereocenters. The lowest BCUT2D eigenvalue weighted by atomic mass is 10.2. The number of hydrogen-bond donors (Lipinski definition) is 1. The number of halogens is 2. The van der Waals surface area contributed by atoms with E-state index in [4.69, 9.17) is 0 Å². The molecule has 24 heavy (non-hydrogen) atoms. The highest BCUT2D eigenvalue weighted by Gasteiger charge is 2.15. The predicted octanol–water partition coefficient (Wildman–Crippen LogP) is 3.85. The predicted molar refractivity (Wildman–Crippen MR) is 94.8 cm³/mol. The van der Waals surface area contributed by atoms with Crippen LogP contribution < -0.4 is 5.32 Å². The zero-order chi connectivity index (χ0) is 17.5. The molecule has 0 aliphatic carbocycles. The summed E-state index contributed by atoms with van der Waals surface area (Å²) in [6, 6.07) is 8.65. The van der Waals surface area contributed by atoms with E-state index in [0.717, 1.165) is 17.6 Å². The number of sulfone groups is 1. The van der Waals surface area contributed by atoms with E-state index in [1.807, 2.05) is 0 Å². The lowest BCUT2D eigenvalue weighted by Gasteiger charge is -2.03. The number of rotatable bonds is 3. The van der Waals surface area contributed by atoms with E-state index in [2.05, 4.69) is 26.2 Å². The van der Waals surface area contributed by atoms with Crippen molar-refractivity contribution >= 4 is 58.4 Å². The normalized spacial score (nSPS) is 11.6. The van der Waals surface area contributed by atoms with Crippen LogP contribution in [0.2, 0.25) is 0 Å². The van der Waals surface area contributed by atoms with Crippen molar-refractivity contribution in [2.24, 2.45) is 0 Å². The van der Waals surface area contributed by atoms with E-state index < -0.39 is 21.6 Å². The molecule has 0 saturated heterocycles. The summed E-state index contributed by atoms with van der Waals surface area (Å²) in [6.45, 7) is 0. The highest BCUT2D eigenvalue weighted by molar-refractivity contribution is 9.10. The Morgan fingerprint density at radius 3 is 2.67 bits per heavy atom. The largest absolute Gasteiger partial charge is 0.298 e. The third-order valence-electron chi connectivity index (χ3n) is 3.18. The Kier molecular flexibility index (Phi) is 4.41. The van der Waals surface area contributed by atoms with Gasteiger partial charge in [0.2, 0.25) is 0 Å². The van der Waals surface area contributed by atoms with Crippen molar-refractivity contribution in [2.75, 3.05) is 11.6 Å². The molecule has 0 saturated carbocycles. The van der Waals surface area contributed by atoms with Crippen LogP contribution in [-0.2, 0) is 9.84 Å². The van der Waals surface area contributed by atoms with E-state index >= 15 is 0 Å². The van der Waals surface area contributed by atoms with Gasteiger partial charge in [-0.2, -0.15) is 0 Å². The third-order valence-corrected chi connectivity index (χ3v) is 5.72. The van der Waals surface area contributed by atoms with Gasteiger partial charge in [0, 0.05) is 10.7 Å². The Bertz CT molecular complexity index is 1060. The first-order chi connectivity index (χ1) is 11.2. The van der Waals surface area contributed by atoms with E-state index in [0.29, 0.717) is 14.7 Å². The fraction of sp³-hybridized carbons (Fsp3) is 0.0667. The molecule has 0 spiro atoms. The molecule has 1 aromatic heterocycles. The summed E-state index contributed by atoms with van der Waals surface area (Å²) in [5.74, 6) is -1.27. The molecule has 0 fully saturated rings. The summed E-state index contributed by atoms with van der Waals surface area (Å²) in [6.07, 6.45) is 1.12. The van der Waals surface area contributed by atoms with E-state index in [1.54, 1.807) is 12.1 Å². The number of fused-ring (bicyclic) bond motifs is 1. The van der Waals surface area contributed by atoms with Crippen LogP contribution in [-0.4, -0.2) is 25.6 Å². The minimum Gasteiger partial charge on any atom is -0.298 e. The molecular weight excluding hydrogens is 419 g/mol. The lowest BCUT2D eigenvalue weighted by Crippen LogP contribution is -2.13. The van der Waals surface area contributed by atoms with Crippen LogP contribution in [0.5, 0.6) is 0 Å². The second kappa shape index (κ2) is 6.23. The number of nitrogens with one attached hydrogen (secondary N) is 1. The van der Waals surface area contributed by atoms with Crippen LogP contribution in [0.3, 0.4) is 0 Å². The molecule has 1 amide bonds. The van der Waals surface area contributed by atoms with Gasteiger partial charge >= 0.3 is 0 Å². The van der Waals surface area contributed by atoms with Gasteiger partial charge in [0.15, 0.2) is 15.0 Å². The summed E-state index contributed by atoms with van der Waals surface area (Å²) in [4.78, 5) is 16.5. The number of carbonyl (C=O) groups excluding carboxylic acids is 1. The van der Waals surface area contributed by atoms with Gasteiger partial charge in [0.1, 0.15) is 5.82 Å². The second-order valence-corrected chi connectivity index (χ2v) is 8.96. The molecule has 0 aliphatic heterocycles. The number of carbonyl (C=O) groups is 1. The van der Waals surface area contributed by atoms with Crippen molar-refractivity contribution in [1.29, 1.82) is 0 Å². The highest BCUT2D eigenvalue weighted by Crippen LogP contribution is 2.28. The first kappa shape index (κ1) is 17.0. The number of thiazole rings is 1. The average Bonchev–Trinajstić information content (AvgIpc) is 2.87. The minimum absolute atomic E-state index is 0.103. The van der Waals surface area contributed by atoms with Gasteiger partial charge in [0.25, 0.3) is 5.91 Å². The molecule has 0 radical (unpaired) electrons. The number of hydrogen-bond acceptors (Lipinski definition) is 5. The quantitative estimate of drug-likeness (QED) is 0.686. The average molecular weight is 429 g/mol. The Morgan fingerprint density at radius 1 is 1.25 bits per heavy atom. The Balaban J connectivity index is 1.91. The third kappa shape index (κ3) is 3.47. The Morgan fingerprint density at radius 2 is 2.00 bits per heavy atom. The highest BCUT2D eigenvalue weighted by atomic mass is 79.9. The number of aromatic nitrogens is 1. The van der Waals surface area contributed by atoms with Gasteiger partial charge in [-0.05, 0) is 36.4 Å². The molecule has 5 nitrogen and oxygen atoms in total. The van der Waals surface area contributed by atoms with Crippen molar-refractivity contribution in [3.05, 3.63) is 52.3 Å². The lowest BCUT2D eigenvalue weighted by molar-refractivity contribution is 0.102. The number of nitrogens with zero attached hydrogens (tertiary/aromatic N) is 1. The van der Waals surface area contributed by atoms with Crippen LogP contribution in [0.1, 0.15) is 10.4 Å². The molecule has 2 aromatic carbocycles. The molecule has 0 bridgehead atoms. The molecule has 0 unspecified atom stereocenters. The van der Waals surface area contributed by atoms with Crippen molar-refractivity contribution in [3.63, 3.8) is 0 Å². The maximum atomic E-state index is 13.8. The smallest absolute Gasteiger partial charge is 0.260 e. The van der Waals surface area contributed by atoms with Crippen LogP contribution >= 0.6 is 27.3 Å². The summed E-state index contributed by atoms with van der Waals surface area (Å²) in [7, 11) is -3.32. The maximum Gasteiger partial charge on any atom is 0.260 e. The van der Waals surface area contributed by atoms with Gasteiger partial charge < -0.3 is 0 Å². The van der Waals surface area contributed by atoms with Gasteiger partial charge in [-0.25, -0.2) is 17.8 Å². The second-order valence-electron chi connectivity index (χ2n) is 5.00. The van der Waals surface area contributed by atoms with E-state index in [1.165, 1.54) is 24.3 Å². The van der Waals surface area contributed by atoms with Gasteiger partial charge in [-0.15, -0.1) is 0 Å². The van der Waals surface area contributed by atoms with Crippen molar-refractivity contribution in [3.8, 4) is 0 Å². The van der Waals surface area contributed by atoms with Crippen molar-refractivity contribution < 1.29 is 17.6 Å². The zero-order valence-electron chi connectivity index (χ0n) is 12.2. The molecule has 1 heterocycles. The molecule has 0 aliphatic rings. The molecule has 3 aromatic rings. The van der Waals surface area contributed by atoms with Crippen LogP contribution in [0.4, 0.5) is 9.52 Å². The first-order valence-corrected chi connectivity index (χ1v) is 10.1. The fourth-order valence-electron chi connectivity index (χ4n) is 2.03. The summed E-state index contributed by atoms with van der Waals surface area (Å²) in [5, 5.41) is 2.80. The first-order valence-electron chi connectivity index (χ1n) is 6.61. The van der Waals surface area contributed by atoms with Crippen molar-refractivity contribution in [2.45, 2.75) is 4.90 Å². The van der Waals surface area contributed by atoms with Crippen LogP contribution in [0.25, 0.3) is 10.2 Å². The van der Waals surface area contributed by atoms with Gasteiger partial charge in [-0.1, -0.05) is 27.3 Å². The Hall–Kier alpha value is -1.84. The van der Waals surface area contributed by atoms with Crippen LogP contribution in [0.15, 0.2) is 45.8 Å². The topological polar surface area (TPSA) is 76.1 Å². The van der Waals surface area contributed by atoms with Crippen molar-refractivity contribution in [1.82, 2.24) is 4.98 Å². The zero-order valence-corrected chi connectivity index (χ0v) is 15.4. The molecule has 1 N–H and O–H groups in total. The van der Waals surface area contributed by atoms with Gasteiger partial charge in [0.05, 0.1) is 20.7 Å². The van der Waals surface area contributed by atoms with Gasteiger partial charge in [-0.3, -0.25) is 10.1 Å². The Labute approximate surface area is 149 Å². The number of anilines is 1. The molecule has 9 heteroatoms. The molecule has 3 rings (SSSR count). The summed E-state index contributed by atoms with van der Waals surface area (Å²) in [5.41, 5.74) is 0.452. The fourth-order valence-corrected chi connectivity index (χ4v) is 3.98. The monoisotopic (exact) mass is 428 g/mol. The van der Waals surface area contributed by atoms with Crippen LogP contribution in [0, 0.1) is 5.82 Å². The molecule has 124 valence electrons. The summed E-state index contributed by atoms with van der Waals surface area (Å²) >= 11 is 4.25. The van der Waals surface area contributed by atoms with E-state index in [9.17, 15) is 17.6 Å². The number of amides is 1. The molecular formula is C15H10BrFN2O3S2. The summed E-state index contributed by atoms with van der Waals surface area (Å²) < 4.78 is 38.1. The van der Waals surface area contributed by atoms with E-state index in [-0.39, 0.29) is 15.6 Å². The number of benzene rings is 2. The SMILES string of the molecule is CS(=O)(=O)c1ccc2nc(NC(=O)c3ccc(Br)cc3F)sc2c1.